The van der Waals surface area contributed by atoms with Crippen LogP contribution in [0.15, 0.2) is 48.5 Å². The SMILES string of the molecule is C/C=C/c1ccc(OCC(=O)Nc2ccc(CC(N)=O)cc2)c(OC)c1. The van der Waals surface area contributed by atoms with Gasteiger partial charge in [-0.3, -0.25) is 9.59 Å². The molecule has 0 fully saturated rings. The Morgan fingerprint density at radius 3 is 2.46 bits per heavy atom. The second kappa shape index (κ2) is 9.27. The average Bonchev–Trinajstić information content (AvgIpc) is 2.62. The van der Waals surface area contributed by atoms with E-state index in [0.29, 0.717) is 17.2 Å². The van der Waals surface area contributed by atoms with Gasteiger partial charge in [0.05, 0.1) is 13.5 Å². The summed E-state index contributed by atoms with van der Waals surface area (Å²) in [5, 5.41) is 2.73. The molecule has 0 radical (unpaired) electrons. The van der Waals surface area contributed by atoms with Gasteiger partial charge in [0.15, 0.2) is 18.1 Å². The Hall–Kier alpha value is -3.28. The smallest absolute Gasteiger partial charge is 0.262 e. The number of nitrogens with two attached hydrogens (primary N) is 1. The number of hydrogen-bond acceptors (Lipinski definition) is 4. The molecule has 3 N–H and O–H groups in total. The maximum atomic E-state index is 12.1. The summed E-state index contributed by atoms with van der Waals surface area (Å²) in [5.74, 6) is 0.355. The third-order valence-corrected chi connectivity index (χ3v) is 3.52. The summed E-state index contributed by atoms with van der Waals surface area (Å²) in [6.45, 7) is 1.78. The van der Waals surface area contributed by atoms with Crippen molar-refractivity contribution < 1.29 is 19.1 Å². The summed E-state index contributed by atoms with van der Waals surface area (Å²) in [6, 6.07) is 12.4. The topological polar surface area (TPSA) is 90.6 Å². The second-order valence-corrected chi connectivity index (χ2v) is 5.59. The van der Waals surface area contributed by atoms with Crippen molar-refractivity contribution >= 4 is 23.6 Å². The van der Waals surface area contributed by atoms with Crippen LogP contribution in [0.1, 0.15) is 18.1 Å². The molecule has 0 saturated heterocycles. The summed E-state index contributed by atoms with van der Waals surface area (Å²) < 4.78 is 10.8. The highest BCUT2D eigenvalue weighted by Crippen LogP contribution is 2.28. The van der Waals surface area contributed by atoms with Crippen molar-refractivity contribution in [1.29, 1.82) is 0 Å². The molecule has 0 saturated carbocycles. The maximum Gasteiger partial charge on any atom is 0.262 e. The summed E-state index contributed by atoms with van der Waals surface area (Å²) in [4.78, 5) is 22.9. The van der Waals surface area contributed by atoms with Crippen LogP contribution < -0.4 is 20.5 Å². The van der Waals surface area contributed by atoms with E-state index in [1.54, 1.807) is 37.4 Å². The molecule has 6 heteroatoms. The standard InChI is InChI=1S/C20H22N2O4/c1-3-4-14-7-10-17(18(11-14)25-2)26-13-20(24)22-16-8-5-15(6-9-16)12-19(21)23/h3-11H,12-13H2,1-2H3,(H2,21,23)(H,22,24)/b4-3+. The predicted molar refractivity (Wildman–Crippen MR) is 101 cm³/mol. The van der Waals surface area contributed by atoms with Crippen molar-refractivity contribution in [3.05, 3.63) is 59.7 Å². The minimum Gasteiger partial charge on any atom is -0.493 e. The number of nitrogens with one attached hydrogen (secondary N) is 1. The van der Waals surface area contributed by atoms with Crippen LogP contribution in [0, 0.1) is 0 Å². The van der Waals surface area contributed by atoms with Gasteiger partial charge < -0.3 is 20.5 Å². The number of carbonyl (C=O) groups excluding carboxylic acids is 2. The lowest BCUT2D eigenvalue weighted by Crippen LogP contribution is -2.20. The first kappa shape index (κ1) is 19.1. The van der Waals surface area contributed by atoms with Gasteiger partial charge in [-0.25, -0.2) is 0 Å². The molecular weight excluding hydrogens is 332 g/mol. The molecule has 0 aliphatic heterocycles. The van der Waals surface area contributed by atoms with Gasteiger partial charge in [-0.15, -0.1) is 0 Å². The second-order valence-electron chi connectivity index (χ2n) is 5.59. The van der Waals surface area contributed by atoms with Crippen molar-refractivity contribution in [3.63, 3.8) is 0 Å². The monoisotopic (exact) mass is 354 g/mol. The Morgan fingerprint density at radius 2 is 1.85 bits per heavy atom. The van der Waals surface area contributed by atoms with Crippen molar-refractivity contribution in [3.8, 4) is 11.5 Å². The molecule has 0 spiro atoms. The number of ether oxygens (including phenoxy) is 2. The minimum atomic E-state index is -0.399. The molecule has 6 nitrogen and oxygen atoms in total. The number of methoxy groups -OCH3 is 1. The first-order chi connectivity index (χ1) is 12.5. The fourth-order valence-electron chi connectivity index (χ4n) is 2.35. The Bertz CT molecular complexity index is 798. The Balaban J connectivity index is 1.93. The number of rotatable bonds is 8. The van der Waals surface area contributed by atoms with Crippen LogP contribution in [0.25, 0.3) is 6.08 Å². The van der Waals surface area contributed by atoms with Gasteiger partial charge in [0, 0.05) is 5.69 Å². The van der Waals surface area contributed by atoms with E-state index in [9.17, 15) is 9.59 Å². The van der Waals surface area contributed by atoms with Crippen LogP contribution in [-0.4, -0.2) is 25.5 Å². The summed E-state index contributed by atoms with van der Waals surface area (Å²) >= 11 is 0. The highest BCUT2D eigenvalue weighted by Gasteiger charge is 2.09. The van der Waals surface area contributed by atoms with Gasteiger partial charge in [0.1, 0.15) is 0 Å². The molecular formula is C20H22N2O4. The lowest BCUT2D eigenvalue weighted by atomic mass is 10.1. The maximum absolute atomic E-state index is 12.1. The first-order valence-electron chi connectivity index (χ1n) is 8.12. The molecule has 0 atom stereocenters. The summed E-state index contributed by atoms with van der Waals surface area (Å²) in [7, 11) is 1.55. The molecule has 136 valence electrons. The summed E-state index contributed by atoms with van der Waals surface area (Å²) in [6.07, 6.45) is 4.04. The first-order valence-corrected chi connectivity index (χ1v) is 8.12. The van der Waals surface area contributed by atoms with Crippen molar-refractivity contribution in [2.45, 2.75) is 13.3 Å². The molecule has 0 unspecified atom stereocenters. The van der Waals surface area contributed by atoms with Crippen LogP contribution >= 0.6 is 0 Å². The fourth-order valence-corrected chi connectivity index (χ4v) is 2.35. The minimum absolute atomic E-state index is 0.150. The Labute approximate surface area is 152 Å². The molecule has 0 bridgehead atoms. The molecule has 0 aliphatic rings. The van der Waals surface area contributed by atoms with E-state index in [1.165, 1.54) is 0 Å². The zero-order valence-corrected chi connectivity index (χ0v) is 14.8. The van der Waals surface area contributed by atoms with Crippen molar-refractivity contribution in [1.82, 2.24) is 0 Å². The van der Waals surface area contributed by atoms with Gasteiger partial charge in [-0.2, -0.15) is 0 Å². The highest BCUT2D eigenvalue weighted by atomic mass is 16.5. The predicted octanol–water partition coefficient (Wildman–Crippen LogP) is 2.77. The van der Waals surface area contributed by atoms with E-state index in [0.717, 1.165) is 11.1 Å². The Kier molecular flexibility index (Phi) is 6.79. The van der Waals surface area contributed by atoms with Gasteiger partial charge in [0.2, 0.25) is 5.91 Å². The number of hydrogen-bond donors (Lipinski definition) is 2. The fraction of sp³-hybridized carbons (Fsp3) is 0.200. The third-order valence-electron chi connectivity index (χ3n) is 3.52. The van der Waals surface area contributed by atoms with E-state index < -0.39 is 5.91 Å². The molecule has 2 aromatic rings. The van der Waals surface area contributed by atoms with Crippen LogP contribution in [0.2, 0.25) is 0 Å². The average molecular weight is 354 g/mol. The van der Waals surface area contributed by atoms with Crippen molar-refractivity contribution in [2.24, 2.45) is 5.73 Å². The highest BCUT2D eigenvalue weighted by molar-refractivity contribution is 5.92. The van der Waals surface area contributed by atoms with Crippen LogP contribution in [0.3, 0.4) is 0 Å². The lowest BCUT2D eigenvalue weighted by Gasteiger charge is -2.11. The quantitative estimate of drug-likeness (QED) is 0.763. The van der Waals surface area contributed by atoms with E-state index in [1.807, 2.05) is 31.2 Å². The van der Waals surface area contributed by atoms with Crippen LogP contribution in [-0.2, 0) is 16.0 Å². The largest absolute Gasteiger partial charge is 0.493 e. The van der Waals surface area contributed by atoms with Crippen molar-refractivity contribution in [2.75, 3.05) is 19.0 Å². The number of benzene rings is 2. The molecule has 2 aromatic carbocycles. The van der Waals surface area contributed by atoms with E-state index >= 15 is 0 Å². The normalized spacial score (nSPS) is 10.5. The number of amides is 2. The number of allylic oxidation sites excluding steroid dienone is 1. The molecule has 0 heterocycles. The number of primary amides is 1. The van der Waals surface area contributed by atoms with E-state index in [2.05, 4.69) is 5.32 Å². The number of anilines is 1. The molecule has 2 rings (SSSR count). The number of carbonyl (C=O) groups is 2. The molecule has 2 amide bonds. The van der Waals surface area contributed by atoms with Crippen LogP contribution in [0.4, 0.5) is 5.69 Å². The van der Waals surface area contributed by atoms with E-state index in [4.69, 9.17) is 15.2 Å². The lowest BCUT2D eigenvalue weighted by molar-refractivity contribution is -0.118. The molecule has 0 aromatic heterocycles. The molecule has 0 aliphatic carbocycles. The zero-order valence-electron chi connectivity index (χ0n) is 14.8. The van der Waals surface area contributed by atoms with Crippen LogP contribution in [0.5, 0.6) is 11.5 Å². The zero-order chi connectivity index (χ0) is 18.9. The van der Waals surface area contributed by atoms with Gasteiger partial charge >= 0.3 is 0 Å². The third kappa shape index (κ3) is 5.66. The van der Waals surface area contributed by atoms with E-state index in [-0.39, 0.29) is 18.9 Å². The molecule has 26 heavy (non-hydrogen) atoms. The van der Waals surface area contributed by atoms with Gasteiger partial charge in [0.25, 0.3) is 5.91 Å². The van der Waals surface area contributed by atoms with Gasteiger partial charge in [-0.1, -0.05) is 30.4 Å². The summed E-state index contributed by atoms with van der Waals surface area (Å²) in [5.41, 5.74) is 7.53. The Morgan fingerprint density at radius 1 is 1.12 bits per heavy atom. The van der Waals surface area contributed by atoms with Gasteiger partial charge in [-0.05, 0) is 42.3 Å².